The van der Waals surface area contributed by atoms with E-state index in [-0.39, 0.29) is 5.91 Å². The molecule has 42 heavy (non-hydrogen) atoms. The zero-order chi connectivity index (χ0) is 29.7. The first-order valence-electron chi connectivity index (χ1n) is 13.4. The minimum Gasteiger partial charge on any atom is -0.493 e. The third-order valence-electron chi connectivity index (χ3n) is 6.94. The van der Waals surface area contributed by atoms with Gasteiger partial charge in [0.25, 0.3) is 15.9 Å². The molecule has 1 aliphatic rings. The number of nitrogens with zero attached hydrogens (tertiary/aromatic N) is 1. The van der Waals surface area contributed by atoms with Crippen LogP contribution in [-0.4, -0.2) is 38.3 Å². The van der Waals surface area contributed by atoms with Crippen LogP contribution in [0.3, 0.4) is 0 Å². The van der Waals surface area contributed by atoms with E-state index in [0.717, 1.165) is 40.5 Å². The van der Waals surface area contributed by atoms with E-state index in [1.54, 1.807) is 11.0 Å². The summed E-state index contributed by atoms with van der Waals surface area (Å²) < 4.78 is 59.6. The van der Waals surface area contributed by atoms with Gasteiger partial charge < -0.3 is 9.64 Å². The number of carbonyl (C=O) groups excluding carboxylic acids is 2. The van der Waals surface area contributed by atoms with E-state index in [4.69, 9.17) is 4.74 Å². The van der Waals surface area contributed by atoms with Gasteiger partial charge in [0.2, 0.25) is 5.91 Å². The van der Waals surface area contributed by atoms with E-state index in [9.17, 15) is 26.8 Å². The average Bonchev–Trinajstić information content (AvgIpc) is 3.37. The second-order valence-corrected chi connectivity index (χ2v) is 11.6. The molecule has 0 spiro atoms. The normalized spacial score (nSPS) is 13.7. The van der Waals surface area contributed by atoms with E-state index in [1.807, 2.05) is 47.2 Å². The molecular formula is C32H28F2N2O5S. The molecule has 0 aromatic heterocycles. The Morgan fingerprint density at radius 1 is 0.929 bits per heavy atom. The molecule has 0 bridgehead atoms. The summed E-state index contributed by atoms with van der Waals surface area (Å²) in [5.74, 6) is -2.97. The predicted octanol–water partition coefficient (Wildman–Crippen LogP) is 5.38. The summed E-state index contributed by atoms with van der Waals surface area (Å²) in [6, 6.07) is 21.7. The molecule has 7 nitrogen and oxygen atoms in total. The minimum atomic E-state index is -4.43. The molecule has 0 saturated carbocycles. The number of rotatable bonds is 10. The molecule has 10 heteroatoms. The van der Waals surface area contributed by atoms with Crippen LogP contribution in [0.25, 0.3) is 16.8 Å². The molecule has 0 unspecified atom stereocenters. The topological polar surface area (TPSA) is 92.8 Å². The Morgan fingerprint density at radius 2 is 1.71 bits per heavy atom. The van der Waals surface area contributed by atoms with Crippen molar-refractivity contribution < 1.29 is 31.5 Å². The first kappa shape index (κ1) is 28.9. The van der Waals surface area contributed by atoms with Gasteiger partial charge in [-0.1, -0.05) is 54.6 Å². The van der Waals surface area contributed by atoms with Crippen LogP contribution in [0, 0.1) is 11.6 Å². The van der Waals surface area contributed by atoms with E-state index in [2.05, 4.69) is 12.1 Å². The van der Waals surface area contributed by atoms with Gasteiger partial charge in [-0.25, -0.2) is 21.9 Å². The number of benzene rings is 4. The van der Waals surface area contributed by atoms with Gasteiger partial charge in [0, 0.05) is 37.6 Å². The number of hydrogen-bond donors (Lipinski definition) is 1. The van der Waals surface area contributed by atoms with Gasteiger partial charge in [-0.2, -0.15) is 0 Å². The number of fused-ring (bicyclic) bond motifs is 1. The summed E-state index contributed by atoms with van der Waals surface area (Å²) in [6.07, 6.45) is 4.39. The summed E-state index contributed by atoms with van der Waals surface area (Å²) in [5.41, 5.74) is 2.46. The van der Waals surface area contributed by atoms with Crippen LogP contribution < -0.4 is 9.46 Å². The fourth-order valence-electron chi connectivity index (χ4n) is 4.74. The summed E-state index contributed by atoms with van der Waals surface area (Å²) in [6.45, 7) is 1.45. The first-order valence-corrected chi connectivity index (χ1v) is 14.9. The Morgan fingerprint density at radius 3 is 2.48 bits per heavy atom. The average molecular weight is 591 g/mol. The lowest BCUT2D eigenvalue weighted by molar-refractivity contribution is -0.128. The number of hydrogen-bond acceptors (Lipinski definition) is 5. The van der Waals surface area contributed by atoms with Crippen molar-refractivity contribution in [2.24, 2.45) is 0 Å². The van der Waals surface area contributed by atoms with Crippen LogP contribution >= 0.6 is 0 Å². The Bertz CT molecular complexity index is 1790. The van der Waals surface area contributed by atoms with Crippen molar-refractivity contribution in [3.8, 4) is 5.75 Å². The molecule has 1 aliphatic heterocycles. The van der Waals surface area contributed by atoms with Gasteiger partial charge in [-0.3, -0.25) is 9.59 Å². The number of likely N-dealkylation sites (tertiary alicyclic amines) is 1. The van der Waals surface area contributed by atoms with Crippen LogP contribution in [0.1, 0.15) is 29.5 Å². The Balaban J connectivity index is 1.31. The highest BCUT2D eigenvalue weighted by Gasteiger charge is 2.21. The van der Waals surface area contributed by atoms with Gasteiger partial charge in [-0.05, 0) is 58.7 Å². The molecular weight excluding hydrogens is 562 g/mol. The number of nitrogens with one attached hydrogen (secondary N) is 1. The number of carbonyl (C=O) groups is 2. The smallest absolute Gasteiger partial charge is 0.264 e. The zero-order valence-electron chi connectivity index (χ0n) is 22.6. The first-order chi connectivity index (χ1) is 20.2. The number of halogens is 2. The predicted molar refractivity (Wildman–Crippen MR) is 155 cm³/mol. The number of sulfonamides is 1. The van der Waals surface area contributed by atoms with E-state index >= 15 is 0 Å². The second-order valence-electron chi connectivity index (χ2n) is 9.95. The van der Waals surface area contributed by atoms with Crippen LogP contribution in [0.15, 0.2) is 89.8 Å². The van der Waals surface area contributed by atoms with Crippen LogP contribution in [0.5, 0.6) is 5.75 Å². The molecule has 1 N–H and O–H groups in total. The molecule has 4 aromatic carbocycles. The maximum atomic E-state index is 13.5. The molecule has 2 amide bonds. The summed E-state index contributed by atoms with van der Waals surface area (Å²) in [7, 11) is -4.43. The molecule has 4 aromatic rings. The summed E-state index contributed by atoms with van der Waals surface area (Å²) >= 11 is 0. The molecule has 0 aliphatic carbocycles. The van der Waals surface area contributed by atoms with Gasteiger partial charge in [-0.15, -0.1) is 0 Å². The summed E-state index contributed by atoms with van der Waals surface area (Å²) in [5, 5.41) is 2.27. The molecule has 216 valence electrons. The molecule has 1 fully saturated rings. The fourth-order valence-corrected chi connectivity index (χ4v) is 5.70. The maximum absolute atomic E-state index is 13.5. The Kier molecular flexibility index (Phi) is 8.63. The van der Waals surface area contributed by atoms with Crippen molar-refractivity contribution in [1.29, 1.82) is 0 Å². The van der Waals surface area contributed by atoms with Gasteiger partial charge >= 0.3 is 0 Å². The lowest BCUT2D eigenvalue weighted by atomic mass is 10.1. The number of ether oxygens (including phenoxy) is 1. The van der Waals surface area contributed by atoms with E-state index < -0.39 is 32.5 Å². The lowest BCUT2D eigenvalue weighted by Crippen LogP contribution is -2.29. The fraction of sp³-hybridized carbons (Fsp3) is 0.188. The third-order valence-corrected chi connectivity index (χ3v) is 8.28. The second kappa shape index (κ2) is 12.5. The van der Waals surface area contributed by atoms with E-state index in [0.29, 0.717) is 56.0 Å². The highest BCUT2D eigenvalue weighted by Crippen LogP contribution is 2.25. The van der Waals surface area contributed by atoms with Crippen LogP contribution in [0.4, 0.5) is 8.78 Å². The molecule has 1 saturated heterocycles. The molecule has 0 radical (unpaired) electrons. The highest BCUT2D eigenvalue weighted by molar-refractivity contribution is 7.90. The van der Waals surface area contributed by atoms with Gasteiger partial charge in [0.15, 0.2) is 11.6 Å². The van der Waals surface area contributed by atoms with Crippen LogP contribution in [0.2, 0.25) is 0 Å². The zero-order valence-corrected chi connectivity index (χ0v) is 23.4. The largest absolute Gasteiger partial charge is 0.493 e. The standard InChI is InChI=1S/C32H28F2N2O5S/c33-28-13-12-27(20-29(28)34)42(39,40)35-31(37)14-11-25-10-8-23(21-36-16-3-6-32(36)38)19-30(25)41-17-15-22-7-9-24-4-1-2-5-26(24)18-22/h1-2,4-5,7-14,18-20H,3,6,15-17,21H2,(H,35,37). The Hall–Kier alpha value is -4.57. The molecule has 0 atom stereocenters. The van der Waals surface area contributed by atoms with Crippen molar-refractivity contribution in [2.75, 3.05) is 13.2 Å². The van der Waals surface area contributed by atoms with Crippen molar-refractivity contribution in [3.63, 3.8) is 0 Å². The van der Waals surface area contributed by atoms with Crippen molar-refractivity contribution in [2.45, 2.75) is 30.7 Å². The van der Waals surface area contributed by atoms with E-state index in [1.165, 1.54) is 6.08 Å². The lowest BCUT2D eigenvalue weighted by Gasteiger charge is -2.17. The number of amides is 2. The van der Waals surface area contributed by atoms with Crippen LogP contribution in [-0.2, 0) is 32.6 Å². The van der Waals surface area contributed by atoms with Gasteiger partial charge in [0.1, 0.15) is 5.75 Å². The SMILES string of the molecule is O=C(C=Cc1ccc(CN2CCCC2=O)cc1OCCc1ccc2ccccc2c1)NS(=O)(=O)c1ccc(F)c(F)c1. The molecule has 5 rings (SSSR count). The Labute approximate surface area is 242 Å². The quantitative estimate of drug-likeness (QED) is 0.251. The van der Waals surface area contributed by atoms with Crippen molar-refractivity contribution in [1.82, 2.24) is 9.62 Å². The highest BCUT2D eigenvalue weighted by atomic mass is 32.2. The summed E-state index contributed by atoms with van der Waals surface area (Å²) in [4.78, 5) is 25.8. The van der Waals surface area contributed by atoms with Crippen molar-refractivity contribution in [3.05, 3.63) is 113 Å². The van der Waals surface area contributed by atoms with Crippen molar-refractivity contribution >= 4 is 38.7 Å². The monoisotopic (exact) mass is 590 g/mol. The van der Waals surface area contributed by atoms with Gasteiger partial charge in [0.05, 0.1) is 11.5 Å². The maximum Gasteiger partial charge on any atom is 0.264 e. The minimum absolute atomic E-state index is 0.0941. The molecule has 1 heterocycles. The third kappa shape index (κ3) is 7.01.